The number of carbonyl (C=O) groups is 3. The quantitative estimate of drug-likeness (QED) is 0.571. The molecule has 130 valence electrons. The van der Waals surface area contributed by atoms with Gasteiger partial charge in [0.25, 0.3) is 5.91 Å². The first kappa shape index (κ1) is 18.3. The topological polar surface area (TPSA) is 81.7 Å². The zero-order valence-electron chi connectivity index (χ0n) is 13.5. The predicted octanol–water partition coefficient (Wildman–Crippen LogP) is 1.98. The molecule has 1 fully saturated rings. The second kappa shape index (κ2) is 8.15. The number of benzene rings is 1. The highest BCUT2D eigenvalue weighted by Crippen LogP contribution is 2.49. The van der Waals surface area contributed by atoms with Crippen LogP contribution in [0.2, 0.25) is 5.02 Å². The van der Waals surface area contributed by atoms with Crippen molar-refractivity contribution in [2.24, 2.45) is 0 Å². The summed E-state index contributed by atoms with van der Waals surface area (Å²) in [7, 11) is 1.31. The molecule has 1 saturated carbocycles. The minimum atomic E-state index is -0.643. The molecule has 1 amide bonds. The minimum absolute atomic E-state index is 0.232. The molecule has 0 unspecified atom stereocenters. The summed E-state index contributed by atoms with van der Waals surface area (Å²) in [4.78, 5) is 34.9. The molecule has 0 aliphatic heterocycles. The number of hydrogen-bond donors (Lipinski definition) is 1. The first-order valence-corrected chi connectivity index (χ1v) is 8.12. The number of hydrogen-bond acceptors (Lipinski definition) is 5. The number of methoxy groups -OCH3 is 1. The zero-order chi connectivity index (χ0) is 17.6. The largest absolute Gasteiger partial charge is 0.469 e. The van der Waals surface area contributed by atoms with Gasteiger partial charge in [-0.3, -0.25) is 14.4 Å². The molecular formula is C17H20ClNO5. The summed E-state index contributed by atoms with van der Waals surface area (Å²) < 4.78 is 9.64. The molecular weight excluding hydrogens is 334 g/mol. The summed E-state index contributed by atoms with van der Waals surface area (Å²) in [6.45, 7) is 0.000207. The lowest BCUT2D eigenvalue weighted by Crippen LogP contribution is -2.32. The van der Waals surface area contributed by atoms with Crippen LogP contribution in [0.3, 0.4) is 0 Å². The Labute approximate surface area is 145 Å². The molecule has 1 aliphatic rings. The molecule has 1 aliphatic carbocycles. The van der Waals surface area contributed by atoms with Crippen LogP contribution < -0.4 is 5.32 Å². The Bertz CT molecular complexity index is 610. The molecule has 0 heterocycles. The highest BCUT2D eigenvalue weighted by Gasteiger charge is 2.52. The Morgan fingerprint density at radius 2 is 1.88 bits per heavy atom. The second-order valence-corrected chi connectivity index (χ2v) is 6.13. The van der Waals surface area contributed by atoms with Gasteiger partial charge < -0.3 is 14.8 Å². The van der Waals surface area contributed by atoms with Crippen molar-refractivity contribution in [3.63, 3.8) is 0 Å². The molecule has 1 aromatic rings. The molecule has 0 aromatic heterocycles. The van der Waals surface area contributed by atoms with E-state index in [0.29, 0.717) is 30.8 Å². The fourth-order valence-corrected chi connectivity index (χ4v) is 2.51. The lowest BCUT2D eigenvalue weighted by Gasteiger charge is -2.15. The highest BCUT2D eigenvalue weighted by molar-refractivity contribution is 6.30. The summed E-state index contributed by atoms with van der Waals surface area (Å²) >= 11 is 5.86. The van der Waals surface area contributed by atoms with Crippen LogP contribution in [0.25, 0.3) is 0 Å². The van der Waals surface area contributed by atoms with Crippen LogP contribution in [0.1, 0.15) is 31.2 Å². The van der Waals surface area contributed by atoms with Gasteiger partial charge in [-0.25, -0.2) is 0 Å². The Morgan fingerprint density at radius 1 is 1.21 bits per heavy atom. The van der Waals surface area contributed by atoms with E-state index < -0.39 is 11.4 Å². The molecule has 6 nitrogen and oxygen atoms in total. The van der Waals surface area contributed by atoms with Crippen LogP contribution in [0.15, 0.2) is 24.3 Å². The lowest BCUT2D eigenvalue weighted by molar-refractivity contribution is -0.151. The maximum atomic E-state index is 12.3. The average molecular weight is 354 g/mol. The number of rotatable bonds is 8. The third kappa shape index (κ3) is 4.71. The molecule has 1 aromatic carbocycles. The fourth-order valence-electron chi connectivity index (χ4n) is 2.39. The molecule has 0 spiro atoms. The van der Waals surface area contributed by atoms with E-state index >= 15 is 0 Å². The van der Waals surface area contributed by atoms with E-state index in [1.54, 1.807) is 12.1 Å². The van der Waals surface area contributed by atoms with E-state index in [9.17, 15) is 14.4 Å². The van der Waals surface area contributed by atoms with Gasteiger partial charge in [-0.2, -0.15) is 0 Å². The van der Waals surface area contributed by atoms with Gasteiger partial charge in [0.15, 0.2) is 6.61 Å². The molecule has 7 heteroatoms. The molecule has 24 heavy (non-hydrogen) atoms. The Kier molecular flexibility index (Phi) is 6.20. The van der Waals surface area contributed by atoms with Crippen LogP contribution in [0.4, 0.5) is 0 Å². The monoisotopic (exact) mass is 353 g/mol. The number of nitrogens with one attached hydrogen (secondary N) is 1. The van der Waals surface area contributed by atoms with Crippen molar-refractivity contribution >= 4 is 29.4 Å². The first-order chi connectivity index (χ1) is 11.5. The summed E-state index contributed by atoms with van der Waals surface area (Å²) in [5.74, 6) is -1.11. The van der Waals surface area contributed by atoms with Gasteiger partial charge in [-0.05, 0) is 37.0 Å². The predicted molar refractivity (Wildman–Crippen MR) is 87.6 cm³/mol. The second-order valence-electron chi connectivity index (χ2n) is 5.69. The molecule has 1 N–H and O–H groups in total. The number of halogens is 1. The van der Waals surface area contributed by atoms with E-state index in [0.717, 1.165) is 5.56 Å². The van der Waals surface area contributed by atoms with E-state index in [1.807, 2.05) is 12.1 Å². The summed E-state index contributed by atoms with van der Waals surface area (Å²) in [5, 5.41) is 3.20. The van der Waals surface area contributed by atoms with Gasteiger partial charge in [-0.15, -0.1) is 0 Å². The molecule has 0 radical (unpaired) electrons. The van der Waals surface area contributed by atoms with Crippen LogP contribution >= 0.6 is 11.6 Å². The van der Waals surface area contributed by atoms with Gasteiger partial charge in [-0.1, -0.05) is 23.7 Å². The Balaban J connectivity index is 1.74. The number of ether oxygens (including phenoxy) is 2. The minimum Gasteiger partial charge on any atom is -0.469 e. The fraction of sp³-hybridized carbons (Fsp3) is 0.471. The lowest BCUT2D eigenvalue weighted by atomic mass is 9.96. The normalized spacial score (nSPS) is 14.6. The molecule has 0 atom stereocenters. The Morgan fingerprint density at radius 3 is 2.46 bits per heavy atom. The summed E-state index contributed by atoms with van der Waals surface area (Å²) in [6.07, 6.45) is 2.11. The smallest absolute Gasteiger partial charge is 0.317 e. The van der Waals surface area contributed by atoms with E-state index in [-0.39, 0.29) is 24.9 Å². The molecule has 0 saturated heterocycles. The molecule has 0 bridgehead atoms. The van der Waals surface area contributed by atoms with Gasteiger partial charge in [0.2, 0.25) is 0 Å². The van der Waals surface area contributed by atoms with Crippen molar-refractivity contribution < 1.29 is 23.9 Å². The third-order valence-electron chi connectivity index (χ3n) is 3.98. The number of amides is 1. The van der Waals surface area contributed by atoms with Gasteiger partial charge >= 0.3 is 11.9 Å². The highest BCUT2D eigenvalue weighted by atomic mass is 35.5. The van der Waals surface area contributed by atoms with E-state index in [1.165, 1.54) is 7.11 Å². The molecule has 2 rings (SSSR count). The van der Waals surface area contributed by atoms with Crippen LogP contribution in [-0.2, 0) is 29.3 Å². The van der Waals surface area contributed by atoms with Crippen LogP contribution in [0, 0.1) is 0 Å². The maximum absolute atomic E-state index is 12.3. The van der Waals surface area contributed by atoms with Crippen molar-refractivity contribution in [3.05, 3.63) is 34.9 Å². The van der Waals surface area contributed by atoms with Crippen LogP contribution in [0.5, 0.6) is 0 Å². The maximum Gasteiger partial charge on any atom is 0.317 e. The SMILES string of the molecule is COC(=O)CCCNC(=O)COC(=O)C1(c2ccc(Cl)cc2)CC1. The number of carbonyl (C=O) groups excluding carboxylic acids is 3. The standard InChI is InChI=1S/C17H20ClNO5/c1-23-15(21)3-2-10-19-14(20)11-24-16(22)17(8-9-17)12-4-6-13(18)7-5-12/h4-7H,2-3,8-11H2,1H3,(H,19,20). The summed E-state index contributed by atoms with van der Waals surface area (Å²) in [5.41, 5.74) is 0.214. The summed E-state index contributed by atoms with van der Waals surface area (Å²) in [6, 6.07) is 7.09. The van der Waals surface area contributed by atoms with E-state index in [4.69, 9.17) is 16.3 Å². The van der Waals surface area contributed by atoms with Crippen molar-refractivity contribution in [2.75, 3.05) is 20.3 Å². The number of esters is 2. The van der Waals surface area contributed by atoms with Crippen molar-refractivity contribution in [1.82, 2.24) is 5.32 Å². The zero-order valence-corrected chi connectivity index (χ0v) is 14.2. The van der Waals surface area contributed by atoms with E-state index in [2.05, 4.69) is 10.1 Å². The average Bonchev–Trinajstić information content (AvgIpc) is 3.38. The van der Waals surface area contributed by atoms with Gasteiger partial charge in [0.05, 0.1) is 12.5 Å². The van der Waals surface area contributed by atoms with Crippen molar-refractivity contribution in [2.45, 2.75) is 31.1 Å². The Hall–Kier alpha value is -2.08. The third-order valence-corrected chi connectivity index (χ3v) is 4.23. The van der Waals surface area contributed by atoms with Gasteiger partial charge in [0, 0.05) is 18.0 Å². The van der Waals surface area contributed by atoms with Gasteiger partial charge in [0.1, 0.15) is 0 Å². The van der Waals surface area contributed by atoms with Crippen molar-refractivity contribution in [3.8, 4) is 0 Å². The van der Waals surface area contributed by atoms with Crippen LogP contribution in [-0.4, -0.2) is 38.1 Å². The van der Waals surface area contributed by atoms with Crippen molar-refractivity contribution in [1.29, 1.82) is 0 Å². The first-order valence-electron chi connectivity index (χ1n) is 7.75.